The quantitative estimate of drug-likeness (QED) is 0.172. The van der Waals surface area contributed by atoms with Gasteiger partial charge in [0.1, 0.15) is 24.9 Å². The number of methoxy groups -OCH3 is 3. The Kier molecular flexibility index (Phi) is 11.1. The number of rotatable bonds is 9. The van der Waals surface area contributed by atoms with Gasteiger partial charge in [-0.2, -0.15) is 0 Å². The smallest absolute Gasteiger partial charge is 0.145 e. The molecular weight excluding hydrogens is 586 g/mol. The Morgan fingerprint density at radius 1 is 0.787 bits per heavy atom. The standard InChI is InChI=1S/C38H41NO3.C3H8O2/c1-40-36-26-31(39-22-20-38(21-23-39)19-8-24-42-38)14-17-35(36)37-33(29-11-6-3-7-12-29)16-13-30-25-32(15-18-34(30)37)41-27-28-9-4-2-5-10-28;1-4-3-5-2/h2-7,9-12,14-15,17-18,25-26,33,37H,8,13,16,19-24,27H2,1H3;3H2,1-2H3. The van der Waals surface area contributed by atoms with Gasteiger partial charge in [-0.25, -0.2) is 0 Å². The fourth-order valence-electron chi connectivity index (χ4n) is 7.66. The van der Waals surface area contributed by atoms with E-state index >= 15 is 0 Å². The summed E-state index contributed by atoms with van der Waals surface area (Å²) < 4.78 is 27.5. The van der Waals surface area contributed by atoms with E-state index < -0.39 is 0 Å². The predicted molar refractivity (Wildman–Crippen MR) is 188 cm³/mol. The zero-order chi connectivity index (χ0) is 32.5. The Balaban J connectivity index is 0.000000720. The van der Waals surface area contributed by atoms with Crippen LogP contribution in [0.2, 0.25) is 0 Å². The largest absolute Gasteiger partial charge is 0.496 e. The van der Waals surface area contributed by atoms with Crippen LogP contribution in [-0.2, 0) is 27.2 Å². The molecule has 0 bridgehead atoms. The maximum absolute atomic E-state index is 6.23. The molecule has 47 heavy (non-hydrogen) atoms. The van der Waals surface area contributed by atoms with Crippen LogP contribution in [0.3, 0.4) is 0 Å². The second kappa shape index (κ2) is 15.8. The Hall–Kier alpha value is -3.84. The molecule has 2 atom stereocenters. The second-order valence-corrected chi connectivity index (χ2v) is 12.9. The van der Waals surface area contributed by atoms with Gasteiger partial charge in [-0.15, -0.1) is 0 Å². The fourth-order valence-corrected chi connectivity index (χ4v) is 7.66. The van der Waals surface area contributed by atoms with E-state index in [2.05, 4.69) is 105 Å². The highest BCUT2D eigenvalue weighted by atomic mass is 16.6. The Morgan fingerprint density at radius 2 is 1.51 bits per heavy atom. The van der Waals surface area contributed by atoms with Gasteiger partial charge in [0, 0.05) is 57.2 Å². The zero-order valence-electron chi connectivity index (χ0n) is 28.2. The van der Waals surface area contributed by atoms with Gasteiger partial charge < -0.3 is 28.6 Å². The Bertz CT molecular complexity index is 1540. The normalized spacial score (nSPS) is 19.9. The monoisotopic (exact) mass is 635 g/mol. The predicted octanol–water partition coefficient (Wildman–Crippen LogP) is 8.52. The molecule has 6 heteroatoms. The lowest BCUT2D eigenvalue weighted by Gasteiger charge is -2.40. The number of benzene rings is 4. The zero-order valence-corrected chi connectivity index (χ0v) is 28.2. The molecule has 3 aliphatic rings. The van der Waals surface area contributed by atoms with E-state index in [9.17, 15) is 0 Å². The number of nitrogens with zero attached hydrogens (tertiary/aromatic N) is 1. The molecule has 0 amide bonds. The van der Waals surface area contributed by atoms with Gasteiger partial charge in [-0.3, -0.25) is 0 Å². The van der Waals surface area contributed by atoms with Crippen molar-refractivity contribution < 1.29 is 23.7 Å². The van der Waals surface area contributed by atoms with Crippen LogP contribution in [0.4, 0.5) is 5.69 Å². The van der Waals surface area contributed by atoms with E-state index in [0.717, 1.165) is 56.9 Å². The van der Waals surface area contributed by atoms with Crippen molar-refractivity contribution in [1.82, 2.24) is 0 Å². The summed E-state index contributed by atoms with van der Waals surface area (Å²) in [5.41, 5.74) is 7.97. The molecular formula is C41H49NO5. The lowest BCUT2D eigenvalue weighted by Crippen LogP contribution is -2.44. The molecule has 248 valence electrons. The van der Waals surface area contributed by atoms with Crippen LogP contribution in [-0.4, -0.2) is 53.4 Å². The number of aryl methyl sites for hydroxylation is 1. The molecule has 2 heterocycles. The number of ether oxygens (including phenoxy) is 5. The summed E-state index contributed by atoms with van der Waals surface area (Å²) in [6, 6.07) is 35.0. The highest BCUT2D eigenvalue weighted by Crippen LogP contribution is 2.50. The fraction of sp³-hybridized carbons (Fsp3) is 0.415. The Morgan fingerprint density at radius 3 is 2.17 bits per heavy atom. The topological polar surface area (TPSA) is 49.4 Å². The van der Waals surface area contributed by atoms with Crippen molar-refractivity contribution in [2.24, 2.45) is 0 Å². The molecule has 7 rings (SSSR count). The molecule has 1 spiro atoms. The lowest BCUT2D eigenvalue weighted by molar-refractivity contribution is -0.0146. The van der Waals surface area contributed by atoms with Crippen molar-refractivity contribution >= 4 is 5.69 Å². The molecule has 0 radical (unpaired) electrons. The van der Waals surface area contributed by atoms with Gasteiger partial charge in [-0.05, 0) is 84.9 Å². The third-order valence-electron chi connectivity index (χ3n) is 10.1. The van der Waals surface area contributed by atoms with Crippen molar-refractivity contribution in [2.75, 3.05) is 52.7 Å². The molecule has 0 N–H and O–H groups in total. The van der Waals surface area contributed by atoms with Gasteiger partial charge in [-0.1, -0.05) is 72.8 Å². The first-order chi connectivity index (χ1) is 23.1. The minimum Gasteiger partial charge on any atom is -0.496 e. The molecule has 2 fully saturated rings. The average Bonchev–Trinajstić information content (AvgIpc) is 3.59. The van der Waals surface area contributed by atoms with Gasteiger partial charge in [0.05, 0.1) is 12.7 Å². The first kappa shape index (κ1) is 33.1. The highest BCUT2D eigenvalue weighted by molar-refractivity contribution is 5.58. The first-order valence-electron chi connectivity index (χ1n) is 17.0. The average molecular weight is 636 g/mol. The first-order valence-corrected chi connectivity index (χ1v) is 17.0. The SMILES string of the molecule is COCOC.COc1cc(N2CCC3(CCCO3)CC2)ccc1C1c2ccc(OCc3ccccc3)cc2CCC1c1ccccc1. The van der Waals surface area contributed by atoms with Crippen LogP contribution < -0.4 is 14.4 Å². The number of anilines is 1. The summed E-state index contributed by atoms with van der Waals surface area (Å²) >= 11 is 0. The van der Waals surface area contributed by atoms with Gasteiger partial charge in [0.2, 0.25) is 0 Å². The van der Waals surface area contributed by atoms with Crippen LogP contribution in [0, 0.1) is 0 Å². The third-order valence-corrected chi connectivity index (χ3v) is 10.1. The number of fused-ring (bicyclic) bond motifs is 1. The van der Waals surface area contributed by atoms with Crippen molar-refractivity contribution in [1.29, 1.82) is 0 Å². The summed E-state index contributed by atoms with van der Waals surface area (Å²) in [5.74, 6) is 2.50. The van der Waals surface area contributed by atoms with Crippen LogP contribution in [0.25, 0.3) is 0 Å². The molecule has 4 aromatic rings. The minimum atomic E-state index is 0.124. The molecule has 1 aliphatic carbocycles. The van der Waals surface area contributed by atoms with E-state index in [1.54, 1.807) is 14.2 Å². The van der Waals surface area contributed by atoms with E-state index in [-0.39, 0.29) is 11.5 Å². The summed E-state index contributed by atoms with van der Waals surface area (Å²) in [7, 11) is 5.00. The van der Waals surface area contributed by atoms with Crippen molar-refractivity contribution in [2.45, 2.75) is 62.6 Å². The van der Waals surface area contributed by atoms with E-state index in [4.69, 9.17) is 14.2 Å². The number of hydrogen-bond acceptors (Lipinski definition) is 6. The second-order valence-electron chi connectivity index (χ2n) is 12.9. The van der Waals surface area contributed by atoms with Crippen LogP contribution in [0.15, 0.2) is 97.1 Å². The van der Waals surface area contributed by atoms with E-state index in [1.165, 1.54) is 46.3 Å². The summed E-state index contributed by atoms with van der Waals surface area (Å²) in [6.07, 6.45) is 6.75. The summed E-state index contributed by atoms with van der Waals surface area (Å²) in [5, 5.41) is 0. The van der Waals surface area contributed by atoms with Gasteiger partial charge in [0.25, 0.3) is 0 Å². The molecule has 0 saturated carbocycles. The molecule has 0 aromatic heterocycles. The van der Waals surface area contributed by atoms with Gasteiger partial charge in [0.15, 0.2) is 0 Å². The summed E-state index contributed by atoms with van der Waals surface area (Å²) in [6.45, 7) is 3.96. The van der Waals surface area contributed by atoms with Crippen molar-refractivity contribution in [3.63, 3.8) is 0 Å². The van der Waals surface area contributed by atoms with Gasteiger partial charge >= 0.3 is 0 Å². The van der Waals surface area contributed by atoms with Crippen molar-refractivity contribution in [3.8, 4) is 11.5 Å². The van der Waals surface area contributed by atoms with Crippen LogP contribution in [0.1, 0.15) is 71.8 Å². The maximum atomic E-state index is 6.23. The minimum absolute atomic E-state index is 0.124. The van der Waals surface area contributed by atoms with Crippen molar-refractivity contribution in [3.05, 3.63) is 125 Å². The van der Waals surface area contributed by atoms with E-state index in [1.807, 2.05) is 13.2 Å². The van der Waals surface area contributed by atoms with E-state index in [0.29, 0.717) is 19.3 Å². The van der Waals surface area contributed by atoms with Crippen LogP contribution in [0.5, 0.6) is 11.5 Å². The molecule has 2 aliphatic heterocycles. The Labute approximate surface area is 280 Å². The highest BCUT2D eigenvalue weighted by Gasteiger charge is 2.39. The number of piperidine rings is 1. The molecule has 2 unspecified atom stereocenters. The summed E-state index contributed by atoms with van der Waals surface area (Å²) in [4.78, 5) is 2.51. The molecule has 4 aromatic carbocycles. The maximum Gasteiger partial charge on any atom is 0.145 e. The molecule has 6 nitrogen and oxygen atoms in total. The number of hydrogen-bond donors (Lipinski definition) is 0. The molecule has 2 saturated heterocycles. The third kappa shape index (κ3) is 7.83. The lowest BCUT2D eigenvalue weighted by atomic mass is 9.69. The van der Waals surface area contributed by atoms with Crippen LogP contribution >= 0.6 is 0 Å².